The van der Waals surface area contributed by atoms with Crippen LogP contribution in [0.5, 0.6) is 0 Å². The number of carboxylic acid groups (broad SMARTS) is 1. The van der Waals surface area contributed by atoms with Crippen LogP contribution in [0.4, 0.5) is 0 Å². The van der Waals surface area contributed by atoms with Crippen LogP contribution in [0.1, 0.15) is 28.7 Å². The van der Waals surface area contributed by atoms with Crippen LogP contribution in [0.25, 0.3) is 0 Å². The molecule has 0 saturated carbocycles. The Kier molecular flexibility index (Phi) is 4.98. The Morgan fingerprint density at radius 3 is 2.82 bits per heavy atom. The molecule has 1 rings (SSSR count). The number of hydrogen-bond donors (Lipinski definition) is 3. The van der Waals surface area contributed by atoms with Gasteiger partial charge in [0.05, 0.1) is 12.2 Å². The third-order valence-corrected chi connectivity index (χ3v) is 2.76. The average molecular weight is 259 g/mol. The monoisotopic (exact) mass is 259 g/mol. The summed E-state index contributed by atoms with van der Waals surface area (Å²) in [4.78, 5) is 22.4. The second-order valence-corrected chi connectivity index (χ2v) is 4.12. The number of carbonyl (C=O) groups excluding carboxylic acids is 1. The van der Waals surface area contributed by atoms with E-state index in [0.717, 1.165) is 18.0 Å². The Morgan fingerprint density at radius 1 is 1.53 bits per heavy atom. The second-order valence-electron chi connectivity index (χ2n) is 3.36. The summed E-state index contributed by atoms with van der Waals surface area (Å²) in [6.07, 6.45) is -0.126. The van der Waals surface area contributed by atoms with Crippen LogP contribution in [0.2, 0.25) is 0 Å². The highest BCUT2D eigenvalue weighted by atomic mass is 32.1. The van der Waals surface area contributed by atoms with Crippen LogP contribution in [0.3, 0.4) is 0 Å². The summed E-state index contributed by atoms with van der Waals surface area (Å²) in [5.41, 5.74) is 0.597. The Morgan fingerprint density at radius 2 is 2.24 bits per heavy atom. The van der Waals surface area contributed by atoms with Gasteiger partial charge in [0.1, 0.15) is 4.88 Å². The van der Waals surface area contributed by atoms with Crippen molar-refractivity contribution in [1.82, 2.24) is 14.9 Å². The van der Waals surface area contributed by atoms with Gasteiger partial charge in [-0.3, -0.25) is 4.79 Å². The highest BCUT2D eigenvalue weighted by molar-refractivity contribution is 7.08. The van der Waals surface area contributed by atoms with Crippen molar-refractivity contribution in [2.75, 3.05) is 6.54 Å². The fourth-order valence-corrected chi connectivity index (χ4v) is 1.76. The molecular formula is C9H13N3O4S. The Balaban J connectivity index is 2.57. The summed E-state index contributed by atoms with van der Waals surface area (Å²) in [7, 11) is 0. The molecule has 0 fully saturated rings. The fraction of sp³-hybridized carbons (Fsp3) is 0.556. The second kappa shape index (κ2) is 6.26. The fourth-order valence-electron chi connectivity index (χ4n) is 1.14. The number of hydrogen-bond acceptors (Lipinski definition) is 6. The first-order valence-electron chi connectivity index (χ1n) is 5.06. The Bertz CT molecular complexity index is 407. The third-order valence-electron chi connectivity index (χ3n) is 1.99. The van der Waals surface area contributed by atoms with Gasteiger partial charge >= 0.3 is 5.97 Å². The lowest BCUT2D eigenvalue weighted by Crippen LogP contribution is -2.36. The summed E-state index contributed by atoms with van der Waals surface area (Å²) < 4.78 is 3.68. The quantitative estimate of drug-likeness (QED) is 0.644. The molecule has 94 valence electrons. The van der Waals surface area contributed by atoms with Gasteiger partial charge in [0.2, 0.25) is 0 Å². The molecule has 1 amide bonds. The van der Waals surface area contributed by atoms with E-state index in [1.807, 2.05) is 6.92 Å². The van der Waals surface area contributed by atoms with Gasteiger partial charge in [0.15, 0.2) is 6.10 Å². The summed E-state index contributed by atoms with van der Waals surface area (Å²) in [5, 5.41) is 23.6. The van der Waals surface area contributed by atoms with Crippen molar-refractivity contribution in [2.24, 2.45) is 0 Å². The number of carboxylic acids is 1. The number of aliphatic hydroxyl groups excluding tert-OH is 1. The predicted molar refractivity (Wildman–Crippen MR) is 59.9 cm³/mol. The number of rotatable bonds is 6. The zero-order chi connectivity index (χ0) is 12.8. The standard InChI is InChI=1S/C9H13N3O4S/c1-2-3-5-7(17-12-11-5)8(14)10-4-6(13)9(15)16/h6,13H,2-4H2,1H3,(H,10,14)(H,15,16). The maximum Gasteiger partial charge on any atom is 0.334 e. The third kappa shape index (κ3) is 3.75. The normalized spacial score (nSPS) is 12.1. The van der Waals surface area contributed by atoms with E-state index in [9.17, 15) is 9.59 Å². The van der Waals surface area contributed by atoms with Gasteiger partial charge in [-0.1, -0.05) is 17.8 Å². The number of aryl methyl sites for hydroxylation is 1. The van der Waals surface area contributed by atoms with Crippen LogP contribution in [-0.4, -0.2) is 44.3 Å². The van der Waals surface area contributed by atoms with E-state index < -0.39 is 18.0 Å². The van der Waals surface area contributed by atoms with Crippen LogP contribution in [-0.2, 0) is 11.2 Å². The van der Waals surface area contributed by atoms with E-state index in [2.05, 4.69) is 14.9 Å². The molecule has 1 heterocycles. The lowest BCUT2D eigenvalue weighted by atomic mass is 10.2. The molecule has 7 nitrogen and oxygen atoms in total. The SMILES string of the molecule is CCCc1nnsc1C(=O)NCC(O)C(=O)O. The number of aliphatic hydroxyl groups is 1. The first-order chi connectivity index (χ1) is 8.06. The van der Waals surface area contributed by atoms with Gasteiger partial charge in [0, 0.05) is 0 Å². The first-order valence-corrected chi connectivity index (χ1v) is 5.83. The molecule has 0 radical (unpaired) electrons. The van der Waals surface area contributed by atoms with Gasteiger partial charge < -0.3 is 15.5 Å². The van der Waals surface area contributed by atoms with Gasteiger partial charge in [-0.05, 0) is 18.0 Å². The Hall–Kier alpha value is -1.54. The van der Waals surface area contributed by atoms with Crippen LogP contribution in [0, 0.1) is 0 Å². The minimum absolute atomic E-state index is 0.336. The van der Waals surface area contributed by atoms with Gasteiger partial charge in [-0.25, -0.2) is 4.79 Å². The van der Waals surface area contributed by atoms with Crippen molar-refractivity contribution in [1.29, 1.82) is 0 Å². The summed E-state index contributed by atoms with van der Waals surface area (Å²) in [5.74, 6) is -1.83. The van der Waals surface area contributed by atoms with Crippen molar-refractivity contribution in [3.8, 4) is 0 Å². The van der Waals surface area contributed by atoms with E-state index in [-0.39, 0.29) is 6.54 Å². The number of aromatic nitrogens is 2. The van der Waals surface area contributed by atoms with Gasteiger partial charge in [0.25, 0.3) is 5.91 Å². The molecule has 0 aliphatic rings. The molecule has 0 bridgehead atoms. The molecular weight excluding hydrogens is 246 g/mol. The molecule has 1 atom stereocenters. The molecule has 1 aromatic rings. The topological polar surface area (TPSA) is 112 Å². The smallest absolute Gasteiger partial charge is 0.334 e. The highest BCUT2D eigenvalue weighted by Crippen LogP contribution is 2.12. The number of amides is 1. The molecule has 0 aromatic carbocycles. The van der Waals surface area contributed by atoms with E-state index in [1.54, 1.807) is 0 Å². The zero-order valence-corrected chi connectivity index (χ0v) is 10.0. The van der Waals surface area contributed by atoms with Crippen molar-refractivity contribution in [3.05, 3.63) is 10.6 Å². The number of nitrogens with one attached hydrogen (secondary N) is 1. The van der Waals surface area contributed by atoms with Crippen LogP contribution in [0.15, 0.2) is 0 Å². The molecule has 0 spiro atoms. The number of nitrogens with zero attached hydrogens (tertiary/aromatic N) is 2. The molecule has 0 saturated heterocycles. The number of carbonyl (C=O) groups is 2. The first kappa shape index (κ1) is 13.5. The van der Waals surface area contributed by atoms with E-state index in [0.29, 0.717) is 17.0 Å². The predicted octanol–water partition coefficient (Wildman–Crippen LogP) is -0.334. The zero-order valence-electron chi connectivity index (χ0n) is 9.21. The van der Waals surface area contributed by atoms with Gasteiger partial charge in [-0.2, -0.15) is 0 Å². The molecule has 0 aliphatic heterocycles. The molecule has 1 unspecified atom stereocenters. The summed E-state index contributed by atoms with van der Waals surface area (Å²) in [6.45, 7) is 1.62. The highest BCUT2D eigenvalue weighted by Gasteiger charge is 2.18. The van der Waals surface area contributed by atoms with Crippen LogP contribution < -0.4 is 5.32 Å². The van der Waals surface area contributed by atoms with Crippen LogP contribution >= 0.6 is 11.5 Å². The summed E-state index contributed by atoms with van der Waals surface area (Å²) in [6, 6.07) is 0. The average Bonchev–Trinajstić information content (AvgIpc) is 2.74. The maximum atomic E-state index is 11.6. The minimum Gasteiger partial charge on any atom is -0.479 e. The van der Waals surface area contributed by atoms with Crippen molar-refractivity contribution >= 4 is 23.4 Å². The van der Waals surface area contributed by atoms with Crippen molar-refractivity contribution in [3.63, 3.8) is 0 Å². The molecule has 1 aromatic heterocycles. The van der Waals surface area contributed by atoms with Gasteiger partial charge in [-0.15, -0.1) is 5.10 Å². The van der Waals surface area contributed by atoms with E-state index >= 15 is 0 Å². The van der Waals surface area contributed by atoms with Crippen molar-refractivity contribution in [2.45, 2.75) is 25.9 Å². The largest absolute Gasteiger partial charge is 0.479 e. The lowest BCUT2D eigenvalue weighted by molar-refractivity contribution is -0.146. The van der Waals surface area contributed by atoms with Crippen molar-refractivity contribution < 1.29 is 19.8 Å². The maximum absolute atomic E-state index is 11.6. The molecule has 0 aliphatic carbocycles. The van der Waals surface area contributed by atoms with E-state index in [1.165, 1.54) is 0 Å². The molecule has 17 heavy (non-hydrogen) atoms. The minimum atomic E-state index is -1.60. The van der Waals surface area contributed by atoms with E-state index in [4.69, 9.17) is 10.2 Å². The lowest BCUT2D eigenvalue weighted by Gasteiger charge is -2.06. The summed E-state index contributed by atoms with van der Waals surface area (Å²) >= 11 is 0.955. The Labute approximate surface area is 102 Å². The molecule has 8 heteroatoms. The number of aliphatic carboxylic acids is 1. The molecule has 3 N–H and O–H groups in total.